The SMILES string of the molecule is CCCc1ccccc1NC(C)c1cc(Cl)ccc1Cl. The van der Waals surface area contributed by atoms with Gasteiger partial charge >= 0.3 is 0 Å². The van der Waals surface area contributed by atoms with Crippen molar-refractivity contribution in [1.82, 2.24) is 0 Å². The maximum Gasteiger partial charge on any atom is 0.0501 e. The van der Waals surface area contributed by atoms with E-state index in [-0.39, 0.29) is 6.04 Å². The molecule has 0 fully saturated rings. The molecule has 20 heavy (non-hydrogen) atoms. The first-order chi connectivity index (χ1) is 9.61. The molecule has 0 amide bonds. The highest BCUT2D eigenvalue weighted by Gasteiger charge is 2.11. The zero-order chi connectivity index (χ0) is 14.5. The Morgan fingerprint density at radius 3 is 2.60 bits per heavy atom. The van der Waals surface area contributed by atoms with Gasteiger partial charge in [0.15, 0.2) is 0 Å². The average Bonchev–Trinajstić information content (AvgIpc) is 2.44. The van der Waals surface area contributed by atoms with Crippen LogP contribution in [0.15, 0.2) is 42.5 Å². The van der Waals surface area contributed by atoms with Gasteiger partial charge in [-0.15, -0.1) is 0 Å². The van der Waals surface area contributed by atoms with E-state index >= 15 is 0 Å². The van der Waals surface area contributed by atoms with E-state index in [2.05, 4.69) is 37.4 Å². The monoisotopic (exact) mass is 307 g/mol. The van der Waals surface area contributed by atoms with Gasteiger partial charge < -0.3 is 5.32 Å². The van der Waals surface area contributed by atoms with E-state index in [9.17, 15) is 0 Å². The molecule has 2 aromatic rings. The zero-order valence-corrected chi connectivity index (χ0v) is 13.3. The number of nitrogens with one attached hydrogen (secondary N) is 1. The molecule has 0 saturated carbocycles. The maximum absolute atomic E-state index is 6.26. The third-order valence-corrected chi connectivity index (χ3v) is 3.91. The quantitative estimate of drug-likeness (QED) is 0.701. The second kappa shape index (κ2) is 7.01. The lowest BCUT2D eigenvalue weighted by Gasteiger charge is -2.19. The molecular weight excluding hydrogens is 289 g/mol. The molecule has 0 bridgehead atoms. The Morgan fingerprint density at radius 1 is 1.10 bits per heavy atom. The summed E-state index contributed by atoms with van der Waals surface area (Å²) in [6.07, 6.45) is 2.20. The summed E-state index contributed by atoms with van der Waals surface area (Å²) in [5.41, 5.74) is 3.52. The molecule has 0 aliphatic rings. The van der Waals surface area contributed by atoms with E-state index in [1.807, 2.05) is 24.3 Å². The van der Waals surface area contributed by atoms with Crippen LogP contribution < -0.4 is 5.32 Å². The number of benzene rings is 2. The molecule has 1 nitrogen and oxygen atoms in total. The molecule has 0 aliphatic heterocycles. The van der Waals surface area contributed by atoms with Crippen molar-refractivity contribution in [2.45, 2.75) is 32.7 Å². The smallest absolute Gasteiger partial charge is 0.0501 e. The van der Waals surface area contributed by atoms with Crippen molar-refractivity contribution in [3.8, 4) is 0 Å². The summed E-state index contributed by atoms with van der Waals surface area (Å²) in [6, 6.07) is 14.1. The molecular formula is C17H19Cl2N. The van der Waals surface area contributed by atoms with Crippen molar-refractivity contribution in [2.24, 2.45) is 0 Å². The van der Waals surface area contributed by atoms with Crippen LogP contribution in [0.1, 0.15) is 37.4 Å². The first-order valence-electron chi connectivity index (χ1n) is 6.91. The highest BCUT2D eigenvalue weighted by molar-refractivity contribution is 6.33. The summed E-state index contributed by atoms with van der Waals surface area (Å²) in [4.78, 5) is 0. The lowest BCUT2D eigenvalue weighted by Crippen LogP contribution is -2.09. The van der Waals surface area contributed by atoms with Crippen LogP contribution in [0.3, 0.4) is 0 Å². The fraction of sp³-hybridized carbons (Fsp3) is 0.294. The van der Waals surface area contributed by atoms with Crippen molar-refractivity contribution in [2.75, 3.05) is 5.32 Å². The highest BCUT2D eigenvalue weighted by atomic mass is 35.5. The van der Waals surface area contributed by atoms with Crippen molar-refractivity contribution in [3.05, 3.63) is 63.6 Å². The third kappa shape index (κ3) is 3.68. The first-order valence-corrected chi connectivity index (χ1v) is 7.66. The molecule has 0 heterocycles. The van der Waals surface area contributed by atoms with Crippen LogP contribution in [0, 0.1) is 0 Å². The predicted octanol–water partition coefficient (Wildman–Crippen LogP) is 6.12. The van der Waals surface area contributed by atoms with E-state index in [1.54, 1.807) is 0 Å². The summed E-state index contributed by atoms with van der Waals surface area (Å²) < 4.78 is 0. The van der Waals surface area contributed by atoms with Crippen LogP contribution in [0.25, 0.3) is 0 Å². The van der Waals surface area contributed by atoms with E-state index in [0.29, 0.717) is 5.02 Å². The number of para-hydroxylation sites is 1. The second-order valence-corrected chi connectivity index (χ2v) is 5.78. The molecule has 0 spiro atoms. The minimum atomic E-state index is 0.110. The van der Waals surface area contributed by atoms with E-state index < -0.39 is 0 Å². The van der Waals surface area contributed by atoms with E-state index in [1.165, 1.54) is 5.56 Å². The Bertz CT molecular complexity index is 581. The largest absolute Gasteiger partial charge is 0.378 e. The van der Waals surface area contributed by atoms with Gasteiger partial charge in [0, 0.05) is 15.7 Å². The van der Waals surface area contributed by atoms with Crippen molar-refractivity contribution in [1.29, 1.82) is 0 Å². The van der Waals surface area contributed by atoms with Crippen LogP contribution in [0.4, 0.5) is 5.69 Å². The number of halogens is 2. The number of hydrogen-bond acceptors (Lipinski definition) is 1. The van der Waals surface area contributed by atoms with Crippen LogP contribution in [0.5, 0.6) is 0 Å². The fourth-order valence-electron chi connectivity index (χ4n) is 2.31. The molecule has 2 aromatic carbocycles. The van der Waals surface area contributed by atoms with Gasteiger partial charge in [0.25, 0.3) is 0 Å². The van der Waals surface area contributed by atoms with Gasteiger partial charge in [0.05, 0.1) is 6.04 Å². The highest BCUT2D eigenvalue weighted by Crippen LogP contribution is 2.29. The number of hydrogen-bond donors (Lipinski definition) is 1. The minimum Gasteiger partial charge on any atom is -0.378 e. The number of anilines is 1. The van der Waals surface area contributed by atoms with Gasteiger partial charge in [-0.2, -0.15) is 0 Å². The summed E-state index contributed by atoms with van der Waals surface area (Å²) in [5.74, 6) is 0. The minimum absolute atomic E-state index is 0.110. The van der Waals surface area contributed by atoms with Gasteiger partial charge in [-0.1, -0.05) is 54.7 Å². The molecule has 0 radical (unpaired) electrons. The summed E-state index contributed by atoms with van der Waals surface area (Å²) in [7, 11) is 0. The molecule has 0 saturated heterocycles. The molecule has 2 rings (SSSR count). The molecule has 106 valence electrons. The molecule has 0 aromatic heterocycles. The fourth-order valence-corrected chi connectivity index (χ4v) is 2.77. The molecule has 1 atom stereocenters. The standard InChI is InChI=1S/C17H19Cl2N/c1-3-6-13-7-4-5-8-17(13)20-12(2)15-11-14(18)9-10-16(15)19/h4-5,7-12,20H,3,6H2,1-2H3. The topological polar surface area (TPSA) is 12.0 Å². The Morgan fingerprint density at radius 2 is 1.85 bits per heavy atom. The predicted molar refractivity (Wildman–Crippen MR) is 88.9 cm³/mol. The Labute approximate surface area is 130 Å². The second-order valence-electron chi connectivity index (χ2n) is 4.94. The van der Waals surface area contributed by atoms with Gasteiger partial charge in [0.1, 0.15) is 0 Å². The molecule has 0 aliphatic carbocycles. The van der Waals surface area contributed by atoms with Gasteiger partial charge in [-0.25, -0.2) is 0 Å². The van der Waals surface area contributed by atoms with E-state index in [4.69, 9.17) is 23.2 Å². The molecule has 1 unspecified atom stereocenters. The first kappa shape index (κ1) is 15.2. The van der Waals surface area contributed by atoms with Crippen LogP contribution in [-0.2, 0) is 6.42 Å². The average molecular weight is 308 g/mol. The van der Waals surface area contributed by atoms with Crippen molar-refractivity contribution >= 4 is 28.9 Å². The van der Waals surface area contributed by atoms with Crippen molar-refractivity contribution < 1.29 is 0 Å². The molecule has 1 N–H and O–H groups in total. The van der Waals surface area contributed by atoms with Gasteiger partial charge in [-0.05, 0) is 48.7 Å². The Kier molecular flexibility index (Phi) is 5.33. The van der Waals surface area contributed by atoms with Crippen LogP contribution >= 0.6 is 23.2 Å². The van der Waals surface area contributed by atoms with Crippen LogP contribution in [-0.4, -0.2) is 0 Å². The lowest BCUT2D eigenvalue weighted by molar-refractivity contribution is 0.867. The summed E-state index contributed by atoms with van der Waals surface area (Å²) >= 11 is 12.3. The zero-order valence-electron chi connectivity index (χ0n) is 11.8. The van der Waals surface area contributed by atoms with E-state index in [0.717, 1.165) is 29.1 Å². The Hall–Kier alpha value is -1.18. The summed E-state index contributed by atoms with van der Waals surface area (Å²) in [5, 5.41) is 4.98. The molecule has 3 heteroatoms. The van der Waals surface area contributed by atoms with Crippen molar-refractivity contribution in [3.63, 3.8) is 0 Å². The maximum atomic E-state index is 6.26. The summed E-state index contributed by atoms with van der Waals surface area (Å²) in [6.45, 7) is 4.29. The lowest BCUT2D eigenvalue weighted by atomic mass is 10.0. The number of rotatable bonds is 5. The Balaban J connectivity index is 2.23. The number of aryl methyl sites for hydroxylation is 1. The van der Waals surface area contributed by atoms with Crippen LogP contribution in [0.2, 0.25) is 10.0 Å². The normalized spacial score (nSPS) is 12.2. The third-order valence-electron chi connectivity index (χ3n) is 3.33. The van der Waals surface area contributed by atoms with Gasteiger partial charge in [-0.3, -0.25) is 0 Å². The van der Waals surface area contributed by atoms with Gasteiger partial charge in [0.2, 0.25) is 0 Å².